The van der Waals surface area contributed by atoms with E-state index in [9.17, 15) is 9.59 Å². The Balaban J connectivity index is 2.52. The maximum atomic E-state index is 11.6. The highest BCUT2D eigenvalue weighted by atomic mass is 16.5. The fourth-order valence-corrected chi connectivity index (χ4v) is 2.48. The molecule has 2 rings (SSSR count). The topological polar surface area (TPSA) is 43.4 Å². The van der Waals surface area contributed by atoms with Gasteiger partial charge in [-0.05, 0) is 30.9 Å². The molecule has 0 aromatic heterocycles. The van der Waals surface area contributed by atoms with Gasteiger partial charge in [0.1, 0.15) is 5.57 Å². The molecule has 1 unspecified atom stereocenters. The third-order valence-electron chi connectivity index (χ3n) is 3.35. The van der Waals surface area contributed by atoms with E-state index in [-0.39, 0.29) is 16.8 Å². The van der Waals surface area contributed by atoms with Gasteiger partial charge in [-0.1, -0.05) is 13.0 Å². The number of hydrogen-bond donors (Lipinski definition) is 0. The van der Waals surface area contributed by atoms with E-state index < -0.39 is 5.97 Å². The second kappa shape index (κ2) is 3.33. The summed E-state index contributed by atoms with van der Waals surface area (Å²) in [4.78, 5) is 23.2. The Labute approximate surface area is 88.8 Å². The molecule has 0 aliphatic heterocycles. The lowest BCUT2D eigenvalue weighted by Crippen LogP contribution is -2.25. The van der Waals surface area contributed by atoms with Gasteiger partial charge in [0.2, 0.25) is 0 Å². The number of rotatable bonds is 1. The molecule has 2 aliphatic carbocycles. The second-order valence-corrected chi connectivity index (χ2v) is 4.31. The maximum Gasteiger partial charge on any atom is 0.341 e. The number of methoxy groups -OCH3 is 1. The summed E-state index contributed by atoms with van der Waals surface area (Å²) >= 11 is 0. The Kier molecular flexibility index (Phi) is 2.25. The molecule has 80 valence electrons. The molecule has 1 saturated carbocycles. The third kappa shape index (κ3) is 1.42. The highest BCUT2D eigenvalue weighted by molar-refractivity contribution is 6.23. The molecule has 0 N–H and O–H groups in total. The fourth-order valence-electron chi connectivity index (χ4n) is 2.48. The number of fused-ring (bicyclic) bond motifs is 1. The fraction of sp³-hybridized carbons (Fsp3) is 0.500. The van der Waals surface area contributed by atoms with E-state index in [4.69, 9.17) is 0 Å². The number of ketones is 1. The van der Waals surface area contributed by atoms with E-state index in [1.807, 2.05) is 6.08 Å². The van der Waals surface area contributed by atoms with Gasteiger partial charge in [0, 0.05) is 5.41 Å². The minimum atomic E-state index is -0.493. The Morgan fingerprint density at radius 2 is 2.27 bits per heavy atom. The van der Waals surface area contributed by atoms with Crippen LogP contribution in [0.1, 0.15) is 26.2 Å². The molecule has 0 aromatic rings. The van der Waals surface area contributed by atoms with Crippen molar-refractivity contribution in [2.24, 2.45) is 5.41 Å². The SMILES string of the molecule is COC(=O)C1=C2CCCC2(C)C=CC1=O. The molecule has 0 bridgehead atoms. The second-order valence-electron chi connectivity index (χ2n) is 4.31. The van der Waals surface area contributed by atoms with E-state index in [1.54, 1.807) is 0 Å². The number of ether oxygens (including phenoxy) is 1. The minimum Gasteiger partial charge on any atom is -0.465 e. The summed E-state index contributed by atoms with van der Waals surface area (Å²) in [6.07, 6.45) is 6.29. The predicted octanol–water partition coefficient (Wildman–Crippen LogP) is 1.79. The predicted molar refractivity (Wildman–Crippen MR) is 55.1 cm³/mol. The summed E-state index contributed by atoms with van der Waals surface area (Å²) in [5, 5.41) is 0. The van der Waals surface area contributed by atoms with Crippen LogP contribution in [-0.4, -0.2) is 18.9 Å². The molecular formula is C12H14O3. The van der Waals surface area contributed by atoms with Gasteiger partial charge in [-0.25, -0.2) is 4.79 Å². The van der Waals surface area contributed by atoms with Gasteiger partial charge < -0.3 is 4.74 Å². The summed E-state index contributed by atoms with van der Waals surface area (Å²) in [6, 6.07) is 0. The minimum absolute atomic E-state index is 0.0998. The standard InChI is InChI=1S/C12H14O3/c1-12-6-3-4-8(12)10(11(14)15-2)9(13)5-7-12/h5,7H,3-4,6H2,1-2H3. The number of carbonyl (C=O) groups excluding carboxylic acids is 2. The van der Waals surface area contributed by atoms with Crippen molar-refractivity contribution in [3.05, 3.63) is 23.3 Å². The molecule has 1 atom stereocenters. The van der Waals surface area contributed by atoms with Crippen LogP contribution in [0.25, 0.3) is 0 Å². The normalized spacial score (nSPS) is 29.3. The van der Waals surface area contributed by atoms with Gasteiger partial charge in [-0.2, -0.15) is 0 Å². The van der Waals surface area contributed by atoms with Crippen LogP contribution >= 0.6 is 0 Å². The van der Waals surface area contributed by atoms with Crippen molar-refractivity contribution in [2.75, 3.05) is 7.11 Å². The van der Waals surface area contributed by atoms with Gasteiger partial charge in [0.05, 0.1) is 7.11 Å². The number of esters is 1. The smallest absolute Gasteiger partial charge is 0.341 e. The summed E-state index contributed by atoms with van der Waals surface area (Å²) in [6.45, 7) is 2.07. The number of allylic oxidation sites excluding steroid dienone is 3. The van der Waals surface area contributed by atoms with E-state index in [0.717, 1.165) is 24.8 Å². The van der Waals surface area contributed by atoms with Gasteiger partial charge in [0.15, 0.2) is 5.78 Å². The van der Waals surface area contributed by atoms with Crippen molar-refractivity contribution in [2.45, 2.75) is 26.2 Å². The van der Waals surface area contributed by atoms with Crippen LogP contribution in [0.3, 0.4) is 0 Å². The number of hydrogen-bond acceptors (Lipinski definition) is 3. The average molecular weight is 206 g/mol. The average Bonchev–Trinajstić information content (AvgIpc) is 2.59. The van der Waals surface area contributed by atoms with Crippen molar-refractivity contribution in [1.82, 2.24) is 0 Å². The van der Waals surface area contributed by atoms with Crippen molar-refractivity contribution in [3.8, 4) is 0 Å². The summed E-state index contributed by atoms with van der Waals surface area (Å²) < 4.78 is 4.66. The van der Waals surface area contributed by atoms with Gasteiger partial charge in [-0.15, -0.1) is 0 Å². The van der Waals surface area contributed by atoms with Crippen LogP contribution in [-0.2, 0) is 14.3 Å². The quantitative estimate of drug-likeness (QED) is 0.485. The van der Waals surface area contributed by atoms with E-state index in [2.05, 4.69) is 11.7 Å². The van der Waals surface area contributed by atoms with Crippen molar-refractivity contribution >= 4 is 11.8 Å². The van der Waals surface area contributed by atoms with Crippen LogP contribution in [0.2, 0.25) is 0 Å². The van der Waals surface area contributed by atoms with Crippen LogP contribution < -0.4 is 0 Å². The van der Waals surface area contributed by atoms with Gasteiger partial charge in [0.25, 0.3) is 0 Å². The zero-order chi connectivity index (χ0) is 11.1. The first-order valence-corrected chi connectivity index (χ1v) is 5.14. The monoisotopic (exact) mass is 206 g/mol. The van der Waals surface area contributed by atoms with Crippen LogP contribution in [0.4, 0.5) is 0 Å². The molecule has 0 heterocycles. The first kappa shape index (κ1) is 10.1. The van der Waals surface area contributed by atoms with E-state index in [1.165, 1.54) is 13.2 Å². The van der Waals surface area contributed by atoms with Gasteiger partial charge >= 0.3 is 5.97 Å². The lowest BCUT2D eigenvalue weighted by atomic mass is 9.77. The molecule has 0 amide bonds. The molecule has 0 saturated heterocycles. The number of carbonyl (C=O) groups is 2. The summed E-state index contributed by atoms with van der Waals surface area (Å²) in [5.41, 5.74) is 1.12. The molecule has 0 aromatic carbocycles. The van der Waals surface area contributed by atoms with E-state index >= 15 is 0 Å². The van der Waals surface area contributed by atoms with Crippen LogP contribution in [0, 0.1) is 5.41 Å². The lowest BCUT2D eigenvalue weighted by molar-refractivity contribution is -0.137. The Morgan fingerprint density at radius 1 is 1.53 bits per heavy atom. The molecule has 2 aliphatic rings. The van der Waals surface area contributed by atoms with Gasteiger partial charge in [-0.3, -0.25) is 4.79 Å². The highest BCUT2D eigenvalue weighted by Crippen LogP contribution is 2.47. The van der Waals surface area contributed by atoms with Crippen molar-refractivity contribution in [3.63, 3.8) is 0 Å². The van der Waals surface area contributed by atoms with Crippen LogP contribution in [0.5, 0.6) is 0 Å². The zero-order valence-corrected chi connectivity index (χ0v) is 9.00. The first-order chi connectivity index (χ1) is 7.08. The Bertz CT molecular complexity index is 390. The highest BCUT2D eigenvalue weighted by Gasteiger charge is 2.40. The van der Waals surface area contributed by atoms with Crippen molar-refractivity contribution < 1.29 is 14.3 Å². The Morgan fingerprint density at radius 3 is 2.93 bits per heavy atom. The van der Waals surface area contributed by atoms with Crippen molar-refractivity contribution in [1.29, 1.82) is 0 Å². The first-order valence-electron chi connectivity index (χ1n) is 5.14. The largest absolute Gasteiger partial charge is 0.465 e. The molecule has 15 heavy (non-hydrogen) atoms. The van der Waals surface area contributed by atoms with Crippen LogP contribution in [0.15, 0.2) is 23.3 Å². The molecule has 0 spiro atoms. The molecule has 3 heteroatoms. The molecule has 0 radical (unpaired) electrons. The summed E-state index contributed by atoms with van der Waals surface area (Å²) in [7, 11) is 1.31. The third-order valence-corrected chi connectivity index (χ3v) is 3.35. The lowest BCUT2D eigenvalue weighted by Gasteiger charge is -2.26. The molecular weight excluding hydrogens is 192 g/mol. The summed E-state index contributed by atoms with van der Waals surface area (Å²) in [5.74, 6) is -0.705. The van der Waals surface area contributed by atoms with E-state index in [0.29, 0.717) is 0 Å². The zero-order valence-electron chi connectivity index (χ0n) is 9.00. The molecule has 1 fully saturated rings. The molecule has 3 nitrogen and oxygen atoms in total. The maximum absolute atomic E-state index is 11.6. The Hall–Kier alpha value is -1.38.